The van der Waals surface area contributed by atoms with Gasteiger partial charge in [-0.1, -0.05) is 36.4 Å². The van der Waals surface area contributed by atoms with Crippen LogP contribution in [0.5, 0.6) is 0 Å². The summed E-state index contributed by atoms with van der Waals surface area (Å²) in [5.74, 6) is -0.472. The molecule has 32 heavy (non-hydrogen) atoms. The topological polar surface area (TPSA) is 85.8 Å². The van der Waals surface area contributed by atoms with Crippen molar-refractivity contribution in [2.24, 2.45) is 7.05 Å². The molecule has 0 spiro atoms. The Labute approximate surface area is 184 Å². The molecule has 1 aliphatic carbocycles. The summed E-state index contributed by atoms with van der Waals surface area (Å²) in [5, 5.41) is 7.36. The fourth-order valence-electron chi connectivity index (χ4n) is 4.08. The van der Waals surface area contributed by atoms with Crippen LogP contribution in [-0.4, -0.2) is 26.7 Å². The maximum atomic E-state index is 15.0. The number of aryl methyl sites for hydroxylation is 1. The number of anilines is 1. The Morgan fingerprint density at radius 3 is 2.69 bits per heavy atom. The number of hydrogen-bond donors (Lipinski definition) is 2. The molecule has 6 nitrogen and oxygen atoms in total. The first-order valence-electron chi connectivity index (χ1n) is 10.4. The smallest absolute Gasteiger partial charge is 0.254 e. The summed E-state index contributed by atoms with van der Waals surface area (Å²) in [5.41, 5.74) is 9.92. The number of nitrogens with two attached hydrogens (primary N) is 1. The molecule has 5 rings (SSSR count). The lowest BCUT2D eigenvalue weighted by molar-refractivity contribution is 0.0946. The summed E-state index contributed by atoms with van der Waals surface area (Å²) in [6.45, 7) is 0. The highest BCUT2D eigenvalue weighted by Crippen LogP contribution is 2.41. The van der Waals surface area contributed by atoms with E-state index < -0.39 is 11.7 Å². The lowest BCUT2D eigenvalue weighted by Crippen LogP contribution is -2.27. The van der Waals surface area contributed by atoms with Crippen molar-refractivity contribution in [3.05, 3.63) is 90.0 Å². The molecule has 2 aromatic heterocycles. The average molecular weight is 427 g/mol. The van der Waals surface area contributed by atoms with Crippen LogP contribution in [0.2, 0.25) is 0 Å². The molecule has 2 aromatic carbocycles. The molecule has 0 aliphatic heterocycles. The van der Waals surface area contributed by atoms with Gasteiger partial charge in [0.1, 0.15) is 11.6 Å². The number of benzene rings is 2. The Hall–Kier alpha value is -4.00. The van der Waals surface area contributed by atoms with Crippen molar-refractivity contribution in [1.82, 2.24) is 20.1 Å². The van der Waals surface area contributed by atoms with Crippen LogP contribution < -0.4 is 11.1 Å². The zero-order chi connectivity index (χ0) is 22.2. The summed E-state index contributed by atoms with van der Waals surface area (Å²) in [6.07, 6.45) is 4.28. The van der Waals surface area contributed by atoms with E-state index in [1.165, 1.54) is 17.7 Å². The van der Waals surface area contributed by atoms with Crippen LogP contribution in [0.15, 0.2) is 73.1 Å². The minimum absolute atomic E-state index is 0.00862. The Kier molecular flexibility index (Phi) is 4.93. The molecular formula is C25H22FN5O. The molecule has 160 valence electrons. The number of nitrogen functional groups attached to an aromatic ring is 1. The van der Waals surface area contributed by atoms with Gasteiger partial charge in [-0.25, -0.2) is 9.37 Å². The molecular weight excluding hydrogens is 405 g/mol. The van der Waals surface area contributed by atoms with Crippen LogP contribution in [0.1, 0.15) is 28.3 Å². The molecule has 1 fully saturated rings. The van der Waals surface area contributed by atoms with Crippen LogP contribution in [-0.2, 0) is 7.05 Å². The highest BCUT2D eigenvalue weighted by molar-refractivity contribution is 5.96. The lowest BCUT2D eigenvalue weighted by atomic mass is 9.97. The number of pyridine rings is 1. The van der Waals surface area contributed by atoms with Crippen molar-refractivity contribution in [1.29, 1.82) is 0 Å². The molecule has 0 bridgehead atoms. The summed E-state index contributed by atoms with van der Waals surface area (Å²) >= 11 is 0. The Morgan fingerprint density at radius 1 is 1.16 bits per heavy atom. The SMILES string of the molecule is Cn1ccc(-c2ccnc(N)c2-c2ccc(C(=O)N[C@H]3C[C@@H]3c3ccccc3)c(F)c2)n1. The van der Waals surface area contributed by atoms with E-state index in [0.717, 1.165) is 12.0 Å². The van der Waals surface area contributed by atoms with Gasteiger partial charge in [-0.15, -0.1) is 0 Å². The van der Waals surface area contributed by atoms with Crippen molar-refractivity contribution in [3.8, 4) is 22.4 Å². The van der Waals surface area contributed by atoms with Crippen LogP contribution in [0, 0.1) is 5.82 Å². The third kappa shape index (κ3) is 3.73. The average Bonchev–Trinajstić information content (AvgIpc) is 3.42. The third-order valence-electron chi connectivity index (χ3n) is 5.81. The molecule has 1 amide bonds. The fourth-order valence-corrected chi connectivity index (χ4v) is 4.08. The van der Waals surface area contributed by atoms with Crippen molar-refractivity contribution < 1.29 is 9.18 Å². The van der Waals surface area contributed by atoms with Gasteiger partial charge in [-0.05, 0) is 41.8 Å². The molecule has 0 radical (unpaired) electrons. The second kappa shape index (κ2) is 7.92. The van der Waals surface area contributed by atoms with E-state index in [-0.39, 0.29) is 23.3 Å². The van der Waals surface area contributed by atoms with E-state index in [4.69, 9.17) is 5.73 Å². The standard InChI is InChI=1S/C25H22FN5O/c1-31-12-10-21(30-31)18-9-11-28-24(27)23(18)16-7-8-17(20(26)13-16)25(32)29-22-14-19(22)15-5-3-2-4-6-15/h2-13,19,22H,14H2,1H3,(H2,27,28)(H,29,32)/t19-,22+/m1/s1. The van der Waals surface area contributed by atoms with E-state index in [0.29, 0.717) is 16.8 Å². The Morgan fingerprint density at radius 2 is 1.97 bits per heavy atom. The van der Waals surface area contributed by atoms with Crippen LogP contribution in [0.4, 0.5) is 10.2 Å². The van der Waals surface area contributed by atoms with Gasteiger partial charge in [0.05, 0.1) is 11.3 Å². The largest absolute Gasteiger partial charge is 0.383 e. The van der Waals surface area contributed by atoms with Gasteiger partial charge in [0.15, 0.2) is 0 Å². The first kappa shape index (κ1) is 19.9. The van der Waals surface area contributed by atoms with Gasteiger partial charge in [-0.3, -0.25) is 9.48 Å². The monoisotopic (exact) mass is 427 g/mol. The molecule has 3 N–H and O–H groups in total. The van der Waals surface area contributed by atoms with Crippen LogP contribution in [0.25, 0.3) is 22.4 Å². The molecule has 7 heteroatoms. The molecule has 4 aromatic rings. The molecule has 2 heterocycles. The minimum atomic E-state index is -0.605. The van der Waals surface area contributed by atoms with Crippen molar-refractivity contribution in [3.63, 3.8) is 0 Å². The second-order valence-corrected chi connectivity index (χ2v) is 8.02. The number of hydrogen-bond acceptors (Lipinski definition) is 4. The number of carbonyl (C=O) groups excluding carboxylic acids is 1. The fraction of sp³-hybridized carbons (Fsp3) is 0.160. The highest BCUT2D eigenvalue weighted by atomic mass is 19.1. The maximum absolute atomic E-state index is 15.0. The van der Waals surface area contributed by atoms with Gasteiger partial charge in [0.2, 0.25) is 0 Å². The number of amides is 1. The number of nitrogens with zero attached hydrogens (tertiary/aromatic N) is 3. The van der Waals surface area contributed by atoms with Crippen molar-refractivity contribution in [2.45, 2.75) is 18.4 Å². The maximum Gasteiger partial charge on any atom is 0.254 e. The van der Waals surface area contributed by atoms with Crippen LogP contribution in [0.3, 0.4) is 0 Å². The normalized spacial score (nSPS) is 17.2. The van der Waals surface area contributed by atoms with E-state index in [9.17, 15) is 4.79 Å². The molecule has 1 aliphatic rings. The summed E-state index contributed by atoms with van der Waals surface area (Å²) in [4.78, 5) is 16.9. The molecule has 0 unspecified atom stereocenters. The first-order valence-corrected chi connectivity index (χ1v) is 10.4. The number of carbonyl (C=O) groups is 1. The summed E-state index contributed by atoms with van der Waals surface area (Å²) in [7, 11) is 1.82. The minimum Gasteiger partial charge on any atom is -0.383 e. The highest BCUT2D eigenvalue weighted by Gasteiger charge is 2.39. The number of rotatable bonds is 5. The molecule has 0 saturated heterocycles. The predicted molar refractivity (Wildman–Crippen MR) is 121 cm³/mol. The third-order valence-corrected chi connectivity index (χ3v) is 5.81. The van der Waals surface area contributed by atoms with Gasteiger partial charge >= 0.3 is 0 Å². The second-order valence-electron chi connectivity index (χ2n) is 8.02. The predicted octanol–water partition coefficient (Wildman–Crippen LogP) is 4.16. The van der Waals surface area contributed by atoms with Crippen molar-refractivity contribution >= 4 is 11.7 Å². The quantitative estimate of drug-likeness (QED) is 0.501. The zero-order valence-electron chi connectivity index (χ0n) is 17.5. The van der Waals surface area contributed by atoms with Crippen LogP contribution >= 0.6 is 0 Å². The summed E-state index contributed by atoms with van der Waals surface area (Å²) in [6, 6.07) is 18.2. The zero-order valence-corrected chi connectivity index (χ0v) is 17.5. The van der Waals surface area contributed by atoms with E-state index >= 15 is 4.39 Å². The number of halogens is 1. The lowest BCUT2D eigenvalue weighted by Gasteiger charge is -2.12. The van der Waals surface area contributed by atoms with E-state index in [1.807, 2.05) is 49.6 Å². The number of aromatic nitrogens is 3. The first-order chi connectivity index (χ1) is 15.5. The van der Waals surface area contributed by atoms with E-state index in [2.05, 4.69) is 15.4 Å². The number of nitrogens with one attached hydrogen (secondary N) is 1. The Balaban J connectivity index is 1.39. The Bertz CT molecular complexity index is 1300. The van der Waals surface area contributed by atoms with Gasteiger partial charge < -0.3 is 11.1 Å². The van der Waals surface area contributed by atoms with E-state index in [1.54, 1.807) is 23.0 Å². The van der Waals surface area contributed by atoms with Crippen molar-refractivity contribution in [2.75, 3.05) is 5.73 Å². The molecule has 2 atom stereocenters. The summed E-state index contributed by atoms with van der Waals surface area (Å²) < 4.78 is 16.7. The van der Waals surface area contributed by atoms with Gasteiger partial charge in [-0.2, -0.15) is 5.10 Å². The van der Waals surface area contributed by atoms with Gasteiger partial charge in [0, 0.05) is 42.5 Å². The van der Waals surface area contributed by atoms with Gasteiger partial charge in [0.25, 0.3) is 5.91 Å². The molecule has 1 saturated carbocycles.